The molecular formula is C19H25Cl2NO5. The van der Waals surface area contributed by atoms with Gasteiger partial charge in [0.15, 0.2) is 5.79 Å². The molecule has 2 atom stereocenters. The Balaban J connectivity index is 1.88. The lowest BCUT2D eigenvalue weighted by Crippen LogP contribution is -2.56. The van der Waals surface area contributed by atoms with E-state index in [-0.39, 0.29) is 0 Å². The third-order valence-electron chi connectivity index (χ3n) is 4.75. The molecule has 8 heteroatoms. The number of halogens is 2. The Labute approximate surface area is 169 Å². The molecule has 1 aromatic carbocycles. The normalized spacial score (nSPS) is 23.5. The molecule has 0 unspecified atom stereocenters. The second kappa shape index (κ2) is 7.76. The van der Waals surface area contributed by atoms with Crippen molar-refractivity contribution in [3.63, 3.8) is 0 Å². The summed E-state index contributed by atoms with van der Waals surface area (Å²) in [4.78, 5) is 14.3. The zero-order chi connectivity index (χ0) is 19.8. The number of hydrogen-bond donors (Lipinski definition) is 1. The van der Waals surface area contributed by atoms with Gasteiger partial charge in [0.25, 0.3) is 0 Å². The van der Waals surface area contributed by atoms with Crippen LogP contribution in [0.3, 0.4) is 0 Å². The van der Waals surface area contributed by atoms with Crippen LogP contribution in [-0.4, -0.2) is 53.3 Å². The van der Waals surface area contributed by atoms with Crippen molar-refractivity contribution in [1.82, 2.24) is 4.90 Å². The molecule has 3 rings (SSSR count). The van der Waals surface area contributed by atoms with Crippen LogP contribution in [0.1, 0.15) is 45.3 Å². The summed E-state index contributed by atoms with van der Waals surface area (Å²) < 4.78 is 17.2. The molecule has 27 heavy (non-hydrogen) atoms. The molecule has 2 aliphatic heterocycles. The molecule has 1 N–H and O–H groups in total. The highest BCUT2D eigenvalue weighted by Crippen LogP contribution is 2.40. The van der Waals surface area contributed by atoms with Crippen LogP contribution < -0.4 is 0 Å². The number of nitrogens with zero attached hydrogens (tertiary/aromatic N) is 1. The largest absolute Gasteiger partial charge is 0.444 e. The first-order valence-electron chi connectivity index (χ1n) is 9.01. The first-order valence-corrected chi connectivity index (χ1v) is 9.76. The topological polar surface area (TPSA) is 68.2 Å². The number of amides is 1. The maximum Gasteiger partial charge on any atom is 0.410 e. The molecule has 2 heterocycles. The lowest BCUT2D eigenvalue weighted by molar-refractivity contribution is -0.202. The molecule has 1 aromatic rings. The number of benzene rings is 1. The lowest BCUT2D eigenvalue weighted by atomic mass is 9.89. The van der Waals surface area contributed by atoms with E-state index < -0.39 is 29.6 Å². The molecule has 6 nitrogen and oxygen atoms in total. The predicted molar refractivity (Wildman–Crippen MR) is 102 cm³/mol. The van der Waals surface area contributed by atoms with Gasteiger partial charge in [0.05, 0.1) is 35.4 Å². The van der Waals surface area contributed by atoms with Gasteiger partial charge in [0.2, 0.25) is 0 Å². The zero-order valence-corrected chi connectivity index (χ0v) is 17.2. The second-order valence-electron chi connectivity index (χ2n) is 7.92. The molecule has 2 saturated heterocycles. The maximum absolute atomic E-state index is 12.7. The highest BCUT2D eigenvalue weighted by Gasteiger charge is 2.48. The molecule has 2 fully saturated rings. The highest BCUT2D eigenvalue weighted by molar-refractivity contribution is 6.42. The van der Waals surface area contributed by atoms with Gasteiger partial charge in [-0.15, -0.1) is 0 Å². The van der Waals surface area contributed by atoms with Gasteiger partial charge in [-0.1, -0.05) is 29.3 Å². The van der Waals surface area contributed by atoms with Gasteiger partial charge in [-0.25, -0.2) is 4.79 Å². The van der Waals surface area contributed by atoms with E-state index in [9.17, 15) is 9.90 Å². The SMILES string of the molecule is CC(C)(C)OC(=O)N1CCC2(C[C@@H]1[C@@H](O)c1ccc(Cl)c(Cl)c1)OCCO2. The molecule has 2 aliphatic rings. The van der Waals surface area contributed by atoms with Gasteiger partial charge in [-0.3, -0.25) is 0 Å². The number of carbonyl (C=O) groups excluding carboxylic acids is 1. The van der Waals surface area contributed by atoms with Crippen LogP contribution in [0.25, 0.3) is 0 Å². The Morgan fingerprint density at radius 2 is 1.96 bits per heavy atom. The minimum atomic E-state index is -0.989. The Morgan fingerprint density at radius 3 is 2.56 bits per heavy atom. The van der Waals surface area contributed by atoms with Crippen molar-refractivity contribution >= 4 is 29.3 Å². The van der Waals surface area contributed by atoms with Crippen molar-refractivity contribution < 1.29 is 24.1 Å². The van der Waals surface area contributed by atoms with Crippen LogP contribution in [0.5, 0.6) is 0 Å². The van der Waals surface area contributed by atoms with E-state index in [2.05, 4.69) is 0 Å². The quantitative estimate of drug-likeness (QED) is 0.781. The Morgan fingerprint density at radius 1 is 1.30 bits per heavy atom. The van der Waals surface area contributed by atoms with Gasteiger partial charge in [0, 0.05) is 19.4 Å². The van der Waals surface area contributed by atoms with Crippen LogP contribution in [0.2, 0.25) is 10.0 Å². The molecule has 1 amide bonds. The lowest BCUT2D eigenvalue weighted by Gasteiger charge is -2.45. The van der Waals surface area contributed by atoms with Gasteiger partial charge < -0.3 is 24.2 Å². The Hall–Kier alpha value is -1.05. The fraction of sp³-hybridized carbons (Fsp3) is 0.632. The number of ether oxygens (including phenoxy) is 3. The number of hydrogen-bond acceptors (Lipinski definition) is 5. The minimum absolute atomic E-state index is 0.341. The van der Waals surface area contributed by atoms with Crippen molar-refractivity contribution in [2.45, 2.75) is 57.1 Å². The van der Waals surface area contributed by atoms with E-state index in [1.165, 1.54) is 0 Å². The molecule has 0 radical (unpaired) electrons. The van der Waals surface area contributed by atoms with E-state index >= 15 is 0 Å². The first kappa shape index (κ1) is 20.7. The number of aliphatic hydroxyl groups excluding tert-OH is 1. The van der Waals surface area contributed by atoms with Crippen molar-refractivity contribution in [1.29, 1.82) is 0 Å². The summed E-state index contributed by atoms with van der Waals surface area (Å²) in [6.45, 7) is 6.79. The molecule has 0 aromatic heterocycles. The van der Waals surface area contributed by atoms with Crippen molar-refractivity contribution in [3.05, 3.63) is 33.8 Å². The van der Waals surface area contributed by atoms with E-state index in [4.69, 9.17) is 37.4 Å². The van der Waals surface area contributed by atoms with Crippen molar-refractivity contribution in [3.8, 4) is 0 Å². The third-order valence-corrected chi connectivity index (χ3v) is 5.48. The second-order valence-corrected chi connectivity index (χ2v) is 8.74. The van der Waals surface area contributed by atoms with Crippen LogP contribution in [0, 0.1) is 0 Å². The number of aliphatic hydroxyl groups is 1. The average Bonchev–Trinajstić information content (AvgIpc) is 3.03. The van der Waals surface area contributed by atoms with Crippen LogP contribution in [0.4, 0.5) is 4.79 Å². The minimum Gasteiger partial charge on any atom is -0.444 e. The number of piperidine rings is 1. The fourth-order valence-corrected chi connectivity index (χ4v) is 3.80. The monoisotopic (exact) mass is 417 g/mol. The summed E-state index contributed by atoms with van der Waals surface area (Å²) in [6, 6.07) is 4.36. The molecule has 0 aliphatic carbocycles. The standard InChI is InChI=1S/C19H25Cl2NO5/c1-18(2,3)27-17(24)22-7-6-19(25-8-9-26-19)11-15(22)16(23)12-4-5-13(20)14(21)10-12/h4-5,10,15-16,23H,6-9,11H2,1-3H3/t15-,16+/m1/s1. The van der Waals surface area contributed by atoms with Gasteiger partial charge in [-0.05, 0) is 38.5 Å². The smallest absolute Gasteiger partial charge is 0.410 e. The van der Waals surface area contributed by atoms with Gasteiger partial charge >= 0.3 is 6.09 Å². The Bertz CT molecular complexity index is 700. The maximum atomic E-state index is 12.7. The average molecular weight is 418 g/mol. The summed E-state index contributed by atoms with van der Waals surface area (Å²) in [6.07, 6.45) is -0.596. The van der Waals surface area contributed by atoms with Crippen LogP contribution in [0.15, 0.2) is 18.2 Å². The van der Waals surface area contributed by atoms with Crippen LogP contribution >= 0.6 is 23.2 Å². The molecular weight excluding hydrogens is 393 g/mol. The summed E-state index contributed by atoms with van der Waals surface area (Å²) >= 11 is 12.1. The fourth-order valence-electron chi connectivity index (χ4n) is 3.49. The number of rotatable bonds is 2. The predicted octanol–water partition coefficient (Wildman–Crippen LogP) is 4.17. The number of likely N-dealkylation sites (tertiary alicyclic amines) is 1. The summed E-state index contributed by atoms with van der Waals surface area (Å²) in [5.74, 6) is -0.777. The number of carbonyl (C=O) groups is 1. The Kier molecular flexibility index (Phi) is 5.94. The zero-order valence-electron chi connectivity index (χ0n) is 15.7. The van der Waals surface area contributed by atoms with E-state index in [1.54, 1.807) is 23.1 Å². The molecule has 0 saturated carbocycles. The van der Waals surface area contributed by atoms with Gasteiger partial charge in [-0.2, -0.15) is 0 Å². The summed E-state index contributed by atoms with van der Waals surface area (Å²) in [5.41, 5.74) is -0.0657. The van der Waals surface area contributed by atoms with E-state index in [0.717, 1.165) is 0 Å². The van der Waals surface area contributed by atoms with E-state index in [1.807, 2.05) is 20.8 Å². The van der Waals surface area contributed by atoms with Gasteiger partial charge in [0.1, 0.15) is 5.60 Å². The third kappa shape index (κ3) is 4.69. The highest BCUT2D eigenvalue weighted by atomic mass is 35.5. The first-order chi connectivity index (χ1) is 12.6. The summed E-state index contributed by atoms with van der Waals surface area (Å²) in [7, 11) is 0. The van der Waals surface area contributed by atoms with Crippen molar-refractivity contribution in [2.24, 2.45) is 0 Å². The molecule has 0 bridgehead atoms. The van der Waals surface area contributed by atoms with Crippen LogP contribution in [-0.2, 0) is 14.2 Å². The van der Waals surface area contributed by atoms with Crippen molar-refractivity contribution in [2.75, 3.05) is 19.8 Å². The van der Waals surface area contributed by atoms with E-state index in [0.29, 0.717) is 48.2 Å². The summed E-state index contributed by atoms with van der Waals surface area (Å²) in [5, 5.41) is 11.8. The molecule has 150 valence electrons. The molecule has 1 spiro atoms.